The van der Waals surface area contributed by atoms with E-state index in [4.69, 9.17) is 16.3 Å². The average molecular weight is 413 g/mol. The molecule has 1 heterocycles. The molecule has 1 atom stereocenters. The van der Waals surface area contributed by atoms with Crippen molar-refractivity contribution in [1.82, 2.24) is 10.2 Å². The van der Waals surface area contributed by atoms with Crippen LogP contribution in [0.5, 0.6) is 0 Å². The van der Waals surface area contributed by atoms with Gasteiger partial charge in [-0.25, -0.2) is 9.59 Å². The number of piperidine rings is 1. The number of amides is 1. The number of benzene rings is 1. The summed E-state index contributed by atoms with van der Waals surface area (Å²) in [4.78, 5) is 25.0. The zero-order valence-electron chi connectivity index (χ0n) is 15.5. The van der Waals surface area contributed by atoms with Gasteiger partial charge in [0.05, 0.1) is 12.0 Å². The Kier molecular flexibility index (Phi) is 8.47. The normalized spacial score (nSPS) is 19.3. The molecule has 0 aliphatic carbocycles. The summed E-state index contributed by atoms with van der Waals surface area (Å²) in [6, 6.07) is 7.67. The summed E-state index contributed by atoms with van der Waals surface area (Å²) in [6.07, 6.45) is 1.45. The molecule has 2 rings (SSSR count). The highest BCUT2D eigenvalue weighted by Gasteiger charge is 2.25. The Labute approximate surface area is 168 Å². The fourth-order valence-electron chi connectivity index (χ4n) is 2.87. The number of hydrogen-bond donors (Lipinski definition) is 2. The zero-order chi connectivity index (χ0) is 19.8. The molecule has 8 heteroatoms. The van der Waals surface area contributed by atoms with Crippen LogP contribution >= 0.6 is 23.4 Å². The summed E-state index contributed by atoms with van der Waals surface area (Å²) in [5, 5.41) is 12.6. The summed E-state index contributed by atoms with van der Waals surface area (Å²) < 4.78 is 5.03. The van der Waals surface area contributed by atoms with Crippen molar-refractivity contribution in [1.29, 1.82) is 0 Å². The van der Waals surface area contributed by atoms with E-state index in [0.29, 0.717) is 24.0 Å². The molecule has 1 fully saturated rings. The predicted molar refractivity (Wildman–Crippen MR) is 108 cm³/mol. The molecule has 1 amide bonds. The van der Waals surface area contributed by atoms with Gasteiger partial charge in [-0.3, -0.25) is 4.90 Å². The van der Waals surface area contributed by atoms with Crippen molar-refractivity contribution in [2.75, 3.05) is 19.0 Å². The number of thioether (sulfide) groups is 1. The van der Waals surface area contributed by atoms with Gasteiger partial charge in [0.1, 0.15) is 0 Å². The molecule has 0 radical (unpaired) electrons. The number of halogens is 1. The number of carbonyl (C=O) groups excluding carboxylic acids is 1. The van der Waals surface area contributed by atoms with Crippen LogP contribution in [0.2, 0.25) is 5.02 Å². The van der Waals surface area contributed by atoms with Crippen LogP contribution in [0.3, 0.4) is 0 Å². The van der Waals surface area contributed by atoms with E-state index < -0.39 is 12.1 Å². The topological polar surface area (TPSA) is 78.9 Å². The second kappa shape index (κ2) is 10.6. The number of rotatable bonds is 7. The van der Waals surface area contributed by atoms with Crippen LogP contribution in [0.15, 0.2) is 35.9 Å². The highest BCUT2D eigenvalue weighted by atomic mass is 35.5. The van der Waals surface area contributed by atoms with Gasteiger partial charge in [-0.1, -0.05) is 29.8 Å². The number of likely N-dealkylation sites (tertiary alicyclic amines) is 1. The van der Waals surface area contributed by atoms with Gasteiger partial charge in [-0.05, 0) is 37.5 Å². The Morgan fingerprint density at radius 1 is 1.44 bits per heavy atom. The molecular formula is C19H25ClN2O4S. The number of aliphatic carboxylic acids is 1. The summed E-state index contributed by atoms with van der Waals surface area (Å²) in [6.45, 7) is 5.64. The molecule has 1 aliphatic heterocycles. The van der Waals surface area contributed by atoms with Gasteiger partial charge in [-0.15, -0.1) is 11.8 Å². The first-order valence-corrected chi connectivity index (χ1v) is 10.2. The highest BCUT2D eigenvalue weighted by molar-refractivity contribution is 8.00. The van der Waals surface area contributed by atoms with Crippen molar-refractivity contribution in [3.63, 3.8) is 0 Å². The van der Waals surface area contributed by atoms with E-state index in [1.165, 1.54) is 17.8 Å². The first-order chi connectivity index (χ1) is 12.8. The predicted octanol–water partition coefficient (Wildman–Crippen LogP) is 3.75. The zero-order valence-corrected chi connectivity index (χ0v) is 17.1. The van der Waals surface area contributed by atoms with Crippen molar-refractivity contribution in [2.45, 2.75) is 38.2 Å². The summed E-state index contributed by atoms with van der Waals surface area (Å²) in [5.74, 6) is -0.583. The first-order valence-electron chi connectivity index (χ1n) is 8.80. The van der Waals surface area contributed by atoms with E-state index in [2.05, 4.69) is 10.2 Å². The van der Waals surface area contributed by atoms with E-state index in [1.807, 2.05) is 24.3 Å². The minimum Gasteiger partial charge on any atom is -0.478 e. The standard InChI is InChI=1S/C19H25ClN2O4S/c1-13(2)26-19(25)21-12-27-17-7-8-22(11-15(17)9-18(23)24)10-14-5-3-4-6-16(14)20/h3-6,9,13,17H,7-8,10-12H2,1-2H3,(H,21,25)(H,23,24)/b15-9-. The Morgan fingerprint density at radius 3 is 2.85 bits per heavy atom. The molecule has 1 aliphatic rings. The average Bonchev–Trinajstić information content (AvgIpc) is 2.57. The van der Waals surface area contributed by atoms with Crippen LogP contribution < -0.4 is 5.32 Å². The van der Waals surface area contributed by atoms with E-state index >= 15 is 0 Å². The van der Waals surface area contributed by atoms with Gasteiger partial charge < -0.3 is 15.2 Å². The van der Waals surface area contributed by atoms with Crippen molar-refractivity contribution in [3.8, 4) is 0 Å². The van der Waals surface area contributed by atoms with Crippen LogP contribution in [0, 0.1) is 0 Å². The maximum absolute atomic E-state index is 11.6. The van der Waals surface area contributed by atoms with Gasteiger partial charge in [0.2, 0.25) is 0 Å². The summed E-state index contributed by atoms with van der Waals surface area (Å²) in [5.41, 5.74) is 1.86. The molecular weight excluding hydrogens is 388 g/mol. The lowest BCUT2D eigenvalue weighted by atomic mass is 10.0. The van der Waals surface area contributed by atoms with E-state index in [1.54, 1.807) is 13.8 Å². The monoisotopic (exact) mass is 412 g/mol. The summed E-state index contributed by atoms with van der Waals surface area (Å²) in [7, 11) is 0. The van der Waals surface area contributed by atoms with Crippen molar-refractivity contribution in [2.24, 2.45) is 0 Å². The second-order valence-corrected chi connectivity index (χ2v) is 8.18. The summed E-state index contributed by atoms with van der Waals surface area (Å²) >= 11 is 7.75. The van der Waals surface area contributed by atoms with Crippen LogP contribution in [0.4, 0.5) is 4.79 Å². The lowest BCUT2D eigenvalue weighted by Gasteiger charge is -2.34. The Hall–Kier alpha value is -1.70. The molecule has 0 bridgehead atoms. The maximum atomic E-state index is 11.6. The van der Waals surface area contributed by atoms with Gasteiger partial charge >= 0.3 is 12.1 Å². The molecule has 148 valence electrons. The third-order valence-electron chi connectivity index (χ3n) is 4.03. The van der Waals surface area contributed by atoms with Crippen LogP contribution in [-0.2, 0) is 16.1 Å². The Morgan fingerprint density at radius 2 is 2.19 bits per heavy atom. The van der Waals surface area contributed by atoms with Crippen molar-refractivity contribution >= 4 is 35.4 Å². The van der Waals surface area contributed by atoms with Crippen molar-refractivity contribution < 1.29 is 19.4 Å². The largest absolute Gasteiger partial charge is 0.478 e. The number of carboxylic acids is 1. The molecule has 2 N–H and O–H groups in total. The Bertz CT molecular complexity index is 696. The molecule has 0 saturated carbocycles. The maximum Gasteiger partial charge on any atom is 0.408 e. The number of carboxylic acid groups (broad SMARTS) is 1. The molecule has 6 nitrogen and oxygen atoms in total. The minimum atomic E-state index is -0.956. The minimum absolute atomic E-state index is 0.0444. The smallest absolute Gasteiger partial charge is 0.408 e. The molecule has 1 unspecified atom stereocenters. The Balaban J connectivity index is 1.93. The number of nitrogens with zero attached hydrogens (tertiary/aromatic N) is 1. The van der Waals surface area contributed by atoms with Crippen molar-refractivity contribution in [3.05, 3.63) is 46.5 Å². The lowest BCUT2D eigenvalue weighted by Crippen LogP contribution is -2.37. The van der Waals surface area contributed by atoms with Gasteiger partial charge in [0.25, 0.3) is 0 Å². The number of hydrogen-bond acceptors (Lipinski definition) is 5. The third kappa shape index (κ3) is 7.44. The third-order valence-corrected chi connectivity index (χ3v) is 5.65. The first kappa shape index (κ1) is 21.6. The molecule has 0 spiro atoms. The quantitative estimate of drug-likeness (QED) is 0.524. The van der Waals surface area contributed by atoms with Crippen LogP contribution in [-0.4, -0.2) is 52.4 Å². The molecule has 27 heavy (non-hydrogen) atoms. The van der Waals surface area contributed by atoms with E-state index in [0.717, 1.165) is 24.1 Å². The second-order valence-electron chi connectivity index (χ2n) is 6.58. The fraction of sp³-hybridized carbons (Fsp3) is 0.474. The number of nitrogens with one attached hydrogen (secondary N) is 1. The van der Waals surface area contributed by atoms with Gasteiger partial charge in [0.15, 0.2) is 0 Å². The molecule has 1 saturated heterocycles. The number of ether oxygens (including phenoxy) is 1. The van der Waals surface area contributed by atoms with Crippen LogP contribution in [0.1, 0.15) is 25.8 Å². The molecule has 1 aromatic carbocycles. The molecule has 0 aromatic heterocycles. The number of carbonyl (C=O) groups is 2. The van der Waals surface area contributed by atoms with E-state index in [9.17, 15) is 14.7 Å². The SMILES string of the molecule is CC(C)OC(=O)NCSC1CCN(Cc2ccccc2Cl)C/C1=C/C(=O)O. The molecule has 1 aromatic rings. The highest BCUT2D eigenvalue weighted by Crippen LogP contribution is 2.29. The van der Waals surface area contributed by atoms with E-state index in [-0.39, 0.29) is 11.4 Å². The van der Waals surface area contributed by atoms with Gasteiger partial charge in [-0.2, -0.15) is 0 Å². The van der Waals surface area contributed by atoms with Crippen LogP contribution in [0.25, 0.3) is 0 Å². The lowest BCUT2D eigenvalue weighted by molar-refractivity contribution is -0.131. The number of alkyl carbamates (subject to hydrolysis) is 1. The fourth-order valence-corrected chi connectivity index (χ4v) is 4.10. The van der Waals surface area contributed by atoms with Gasteiger partial charge in [0, 0.05) is 36.0 Å².